The molecule has 1 fully saturated rings. The highest BCUT2D eigenvalue weighted by molar-refractivity contribution is 5.96. The largest absolute Gasteiger partial charge is 0.463 e. The van der Waals surface area contributed by atoms with Crippen LogP contribution in [0.2, 0.25) is 0 Å². The molecule has 1 unspecified atom stereocenters. The number of carbonyl (C=O) groups excluding carboxylic acids is 2. The number of nitrogens with one attached hydrogen (secondary N) is 2. The van der Waals surface area contributed by atoms with Crippen LogP contribution in [-0.4, -0.2) is 37.7 Å². The highest BCUT2D eigenvalue weighted by Gasteiger charge is 2.47. The Labute approximate surface area is 184 Å². The average Bonchev–Trinajstić information content (AvgIpc) is 2.93. The molecule has 2 aromatic rings. The van der Waals surface area contributed by atoms with Crippen molar-refractivity contribution in [2.24, 2.45) is 0 Å². The van der Waals surface area contributed by atoms with Crippen molar-refractivity contribution in [3.05, 3.63) is 65.2 Å². The molecule has 2 aromatic carbocycles. The van der Waals surface area contributed by atoms with Crippen molar-refractivity contribution in [1.82, 2.24) is 10.6 Å². The lowest BCUT2D eigenvalue weighted by atomic mass is 9.84. The van der Waals surface area contributed by atoms with Gasteiger partial charge in [0.2, 0.25) is 0 Å². The third kappa shape index (κ3) is 4.44. The summed E-state index contributed by atoms with van der Waals surface area (Å²) in [4.78, 5) is 27.3. The van der Waals surface area contributed by atoms with Gasteiger partial charge in [0, 0.05) is 18.7 Å². The van der Waals surface area contributed by atoms with Crippen molar-refractivity contribution >= 4 is 17.7 Å². The second kappa shape index (κ2) is 9.10. The van der Waals surface area contributed by atoms with Gasteiger partial charge < -0.3 is 15.4 Å². The van der Waals surface area contributed by atoms with E-state index < -0.39 is 5.54 Å². The number of esters is 1. The van der Waals surface area contributed by atoms with E-state index in [-0.39, 0.29) is 24.5 Å². The van der Waals surface area contributed by atoms with Gasteiger partial charge in [-0.3, -0.25) is 9.69 Å². The fraction of sp³-hybridized carbons (Fsp3) is 0.440. The first-order valence-electron chi connectivity index (χ1n) is 11.2. The summed E-state index contributed by atoms with van der Waals surface area (Å²) in [5.74, 6) is -0.238. The van der Waals surface area contributed by atoms with Gasteiger partial charge in [0.05, 0.1) is 11.6 Å². The maximum atomic E-state index is 13.1. The first-order valence-corrected chi connectivity index (χ1v) is 11.2. The van der Waals surface area contributed by atoms with E-state index in [1.165, 1.54) is 11.1 Å². The number of rotatable bonds is 6. The number of nitrogens with zero attached hydrogens (tertiary/aromatic N) is 1. The topological polar surface area (TPSA) is 70.7 Å². The van der Waals surface area contributed by atoms with Gasteiger partial charge in [0.25, 0.3) is 0 Å². The standard InChI is InChI=1S/C25H31N3O3/c1-18(2)31-23(29)10-13-25(21-6-4-3-5-7-21)17-27-24(30)28(25)22-9-8-19-11-14-26-15-12-20(19)16-22/h3-9,16,18,26H,10-15,17H2,1-2H3,(H,27,30). The molecule has 2 N–H and O–H groups in total. The minimum atomic E-state index is -0.647. The van der Waals surface area contributed by atoms with Gasteiger partial charge in [-0.15, -0.1) is 0 Å². The van der Waals surface area contributed by atoms with Crippen LogP contribution in [0.4, 0.5) is 10.5 Å². The van der Waals surface area contributed by atoms with Crippen molar-refractivity contribution < 1.29 is 14.3 Å². The van der Waals surface area contributed by atoms with Crippen LogP contribution >= 0.6 is 0 Å². The van der Waals surface area contributed by atoms with E-state index in [1.807, 2.05) is 55.1 Å². The highest BCUT2D eigenvalue weighted by Crippen LogP contribution is 2.41. The molecule has 0 bridgehead atoms. The number of urea groups is 1. The highest BCUT2D eigenvalue weighted by atomic mass is 16.5. The molecule has 2 aliphatic rings. The van der Waals surface area contributed by atoms with E-state index in [2.05, 4.69) is 22.8 Å². The SMILES string of the molecule is CC(C)OC(=O)CCC1(c2ccccc2)CNC(=O)N1c1ccc2c(c1)CCNCC2. The summed E-state index contributed by atoms with van der Waals surface area (Å²) >= 11 is 0. The average molecular weight is 422 g/mol. The molecular weight excluding hydrogens is 390 g/mol. The molecule has 6 nitrogen and oxygen atoms in total. The number of ether oxygens (including phenoxy) is 1. The van der Waals surface area contributed by atoms with Crippen LogP contribution in [0.25, 0.3) is 0 Å². The van der Waals surface area contributed by atoms with Gasteiger partial charge in [-0.05, 0) is 75.0 Å². The van der Waals surface area contributed by atoms with Crippen LogP contribution in [0.5, 0.6) is 0 Å². The van der Waals surface area contributed by atoms with Crippen molar-refractivity contribution in [2.45, 2.75) is 51.2 Å². The minimum absolute atomic E-state index is 0.132. The third-order valence-corrected chi connectivity index (χ3v) is 6.17. The molecule has 0 radical (unpaired) electrons. The molecule has 6 heteroatoms. The van der Waals surface area contributed by atoms with Gasteiger partial charge in [0.1, 0.15) is 0 Å². The molecule has 0 spiro atoms. The van der Waals surface area contributed by atoms with Crippen LogP contribution in [0.3, 0.4) is 0 Å². The fourth-order valence-corrected chi connectivity index (χ4v) is 4.69. The summed E-state index contributed by atoms with van der Waals surface area (Å²) in [6.07, 6.45) is 2.51. The van der Waals surface area contributed by atoms with Crippen LogP contribution in [0.15, 0.2) is 48.5 Å². The molecular formula is C25H31N3O3. The Morgan fingerprint density at radius 2 is 1.84 bits per heavy atom. The van der Waals surface area contributed by atoms with E-state index in [0.717, 1.165) is 37.2 Å². The van der Waals surface area contributed by atoms with Crippen molar-refractivity contribution in [3.8, 4) is 0 Å². The van der Waals surface area contributed by atoms with Crippen molar-refractivity contribution in [1.29, 1.82) is 0 Å². The van der Waals surface area contributed by atoms with Crippen LogP contribution in [-0.2, 0) is 27.9 Å². The monoisotopic (exact) mass is 421 g/mol. The number of anilines is 1. The molecule has 31 heavy (non-hydrogen) atoms. The maximum Gasteiger partial charge on any atom is 0.322 e. The fourth-order valence-electron chi connectivity index (χ4n) is 4.69. The summed E-state index contributed by atoms with van der Waals surface area (Å²) in [5.41, 5.74) is 3.85. The Hall–Kier alpha value is -2.86. The first kappa shape index (κ1) is 21.4. The van der Waals surface area contributed by atoms with Crippen LogP contribution in [0, 0.1) is 0 Å². The zero-order valence-corrected chi connectivity index (χ0v) is 18.3. The lowest BCUT2D eigenvalue weighted by Gasteiger charge is -2.38. The Balaban J connectivity index is 1.72. The lowest BCUT2D eigenvalue weighted by Crippen LogP contribution is -2.45. The Bertz CT molecular complexity index is 944. The molecule has 0 aliphatic carbocycles. The molecule has 2 amide bonds. The van der Waals surface area contributed by atoms with E-state index >= 15 is 0 Å². The quantitative estimate of drug-likeness (QED) is 0.700. The molecule has 1 atom stereocenters. The van der Waals surface area contributed by atoms with Gasteiger partial charge >= 0.3 is 12.0 Å². The molecule has 0 saturated carbocycles. The van der Waals surface area contributed by atoms with Crippen LogP contribution < -0.4 is 15.5 Å². The normalized spacial score (nSPS) is 20.9. The zero-order valence-electron chi connectivity index (χ0n) is 18.3. The van der Waals surface area contributed by atoms with Crippen LogP contribution in [0.1, 0.15) is 43.4 Å². The van der Waals surface area contributed by atoms with Gasteiger partial charge in [-0.1, -0.05) is 36.4 Å². The number of hydrogen-bond acceptors (Lipinski definition) is 4. The first-order chi connectivity index (χ1) is 15.0. The smallest absolute Gasteiger partial charge is 0.322 e. The predicted octanol–water partition coefficient (Wildman–Crippen LogP) is 3.53. The maximum absolute atomic E-state index is 13.1. The minimum Gasteiger partial charge on any atom is -0.463 e. The predicted molar refractivity (Wildman–Crippen MR) is 121 cm³/mol. The second-order valence-corrected chi connectivity index (χ2v) is 8.63. The Morgan fingerprint density at radius 1 is 1.10 bits per heavy atom. The van der Waals surface area contributed by atoms with E-state index in [0.29, 0.717) is 13.0 Å². The zero-order chi connectivity index (χ0) is 21.8. The van der Waals surface area contributed by atoms with E-state index in [1.54, 1.807) is 0 Å². The summed E-state index contributed by atoms with van der Waals surface area (Å²) in [6.45, 7) is 6.06. The van der Waals surface area contributed by atoms with Gasteiger partial charge in [-0.25, -0.2) is 4.79 Å². The summed E-state index contributed by atoms with van der Waals surface area (Å²) in [6, 6.07) is 16.2. The Morgan fingerprint density at radius 3 is 2.58 bits per heavy atom. The number of benzene rings is 2. The Kier molecular flexibility index (Phi) is 6.28. The van der Waals surface area contributed by atoms with E-state index in [4.69, 9.17) is 4.74 Å². The molecule has 0 aromatic heterocycles. The van der Waals surface area contributed by atoms with Gasteiger partial charge in [0.15, 0.2) is 0 Å². The van der Waals surface area contributed by atoms with E-state index in [9.17, 15) is 9.59 Å². The number of hydrogen-bond donors (Lipinski definition) is 2. The molecule has 2 heterocycles. The number of amides is 2. The summed E-state index contributed by atoms with van der Waals surface area (Å²) < 4.78 is 5.38. The molecule has 4 rings (SSSR count). The van der Waals surface area contributed by atoms with Crippen molar-refractivity contribution in [3.63, 3.8) is 0 Å². The lowest BCUT2D eigenvalue weighted by molar-refractivity contribution is -0.147. The van der Waals surface area contributed by atoms with Crippen molar-refractivity contribution in [2.75, 3.05) is 24.5 Å². The molecule has 1 saturated heterocycles. The number of fused-ring (bicyclic) bond motifs is 1. The molecule has 164 valence electrons. The van der Waals surface area contributed by atoms with Gasteiger partial charge in [-0.2, -0.15) is 0 Å². The molecule has 2 aliphatic heterocycles. The number of carbonyl (C=O) groups is 2. The second-order valence-electron chi connectivity index (χ2n) is 8.63. The third-order valence-electron chi connectivity index (χ3n) is 6.17. The summed E-state index contributed by atoms with van der Waals surface area (Å²) in [5, 5.41) is 6.47. The summed E-state index contributed by atoms with van der Waals surface area (Å²) in [7, 11) is 0.